The van der Waals surface area contributed by atoms with Gasteiger partial charge >= 0.3 is 6.09 Å². The van der Waals surface area contributed by atoms with Gasteiger partial charge in [0.1, 0.15) is 18.0 Å². The van der Waals surface area contributed by atoms with Crippen molar-refractivity contribution in [3.63, 3.8) is 0 Å². The molecule has 0 aliphatic carbocycles. The summed E-state index contributed by atoms with van der Waals surface area (Å²) in [4.78, 5) is 17.8. The van der Waals surface area contributed by atoms with Crippen LogP contribution < -0.4 is 4.74 Å². The van der Waals surface area contributed by atoms with Gasteiger partial charge in [-0.25, -0.2) is 9.78 Å². The molecule has 0 atom stereocenters. The second-order valence-corrected chi connectivity index (χ2v) is 7.30. The number of amides is 1. The van der Waals surface area contributed by atoms with Crippen LogP contribution in [0.15, 0.2) is 29.1 Å². The van der Waals surface area contributed by atoms with E-state index in [2.05, 4.69) is 4.98 Å². The van der Waals surface area contributed by atoms with Gasteiger partial charge in [-0.05, 0) is 44.4 Å². The van der Waals surface area contributed by atoms with Crippen molar-refractivity contribution in [2.24, 2.45) is 0 Å². The molecule has 1 aliphatic rings. The number of carbonyl (C=O) groups excluding carboxylic acids is 1. The Bertz CT molecular complexity index is 753. The van der Waals surface area contributed by atoms with Crippen molar-refractivity contribution < 1.29 is 18.7 Å². The number of fused-ring (bicyclic) bond motifs is 1. The van der Waals surface area contributed by atoms with Crippen LogP contribution in [-0.4, -0.2) is 28.1 Å². The number of hydrogen-bond acceptors (Lipinski definition) is 5. The molecule has 1 aromatic carbocycles. The van der Waals surface area contributed by atoms with E-state index < -0.39 is 5.60 Å². The van der Waals surface area contributed by atoms with Gasteiger partial charge in [0.15, 0.2) is 12.2 Å². The first-order valence-electron chi connectivity index (χ1n) is 8.12. The van der Waals surface area contributed by atoms with E-state index in [1.54, 1.807) is 11.1 Å². The van der Waals surface area contributed by atoms with Gasteiger partial charge in [-0.15, -0.1) is 0 Å². The molecule has 1 aromatic heterocycles. The fourth-order valence-electron chi connectivity index (χ4n) is 2.65. The standard InChI is InChI=1S/C18H21ClN2O4/c1-18(2,3)25-17(22)21-7-6-14-12(9-21)4-5-15(16(14)19)23-10-13-8-20-11-24-13/h4-5,8,11H,6-7,9-10H2,1-3H3. The minimum atomic E-state index is -0.507. The molecule has 3 rings (SSSR count). The van der Waals surface area contributed by atoms with Gasteiger partial charge in [0.25, 0.3) is 0 Å². The average Bonchev–Trinajstić information content (AvgIpc) is 3.06. The van der Waals surface area contributed by atoms with E-state index >= 15 is 0 Å². The number of carbonyl (C=O) groups is 1. The number of oxazole rings is 1. The first-order chi connectivity index (χ1) is 11.8. The highest BCUT2D eigenvalue weighted by Crippen LogP contribution is 2.34. The van der Waals surface area contributed by atoms with E-state index in [1.807, 2.05) is 32.9 Å². The molecule has 0 unspecified atom stereocenters. The summed E-state index contributed by atoms with van der Waals surface area (Å²) in [6, 6.07) is 3.75. The maximum absolute atomic E-state index is 12.2. The minimum absolute atomic E-state index is 0.266. The molecular weight excluding hydrogens is 344 g/mol. The molecular formula is C18H21ClN2O4. The lowest BCUT2D eigenvalue weighted by Crippen LogP contribution is -2.40. The molecule has 0 saturated heterocycles. The molecule has 7 heteroatoms. The maximum atomic E-state index is 12.2. The second kappa shape index (κ2) is 6.96. The largest absolute Gasteiger partial charge is 0.484 e. The van der Waals surface area contributed by atoms with Crippen LogP contribution in [0.1, 0.15) is 37.7 Å². The van der Waals surface area contributed by atoms with E-state index in [1.165, 1.54) is 6.39 Å². The predicted octanol–water partition coefficient (Wildman–Crippen LogP) is 4.20. The number of ether oxygens (including phenoxy) is 2. The van der Waals surface area contributed by atoms with Crippen molar-refractivity contribution in [2.45, 2.75) is 45.9 Å². The molecule has 0 saturated carbocycles. The fourth-order valence-corrected chi connectivity index (χ4v) is 2.98. The molecule has 25 heavy (non-hydrogen) atoms. The van der Waals surface area contributed by atoms with Gasteiger partial charge in [0.2, 0.25) is 0 Å². The molecule has 2 aromatic rings. The van der Waals surface area contributed by atoms with Crippen molar-refractivity contribution in [1.29, 1.82) is 0 Å². The van der Waals surface area contributed by atoms with Crippen molar-refractivity contribution >= 4 is 17.7 Å². The number of nitrogens with zero attached hydrogens (tertiary/aromatic N) is 2. The minimum Gasteiger partial charge on any atom is -0.484 e. The lowest BCUT2D eigenvalue weighted by Gasteiger charge is -2.31. The maximum Gasteiger partial charge on any atom is 0.410 e. The van der Waals surface area contributed by atoms with Gasteiger partial charge in [0.05, 0.1) is 11.2 Å². The molecule has 0 spiro atoms. The fraction of sp³-hybridized carbons (Fsp3) is 0.444. The summed E-state index contributed by atoms with van der Waals surface area (Å²) in [7, 11) is 0. The summed E-state index contributed by atoms with van der Waals surface area (Å²) in [5.41, 5.74) is 1.51. The zero-order valence-electron chi connectivity index (χ0n) is 14.5. The van der Waals surface area contributed by atoms with Crippen LogP contribution in [0.4, 0.5) is 4.79 Å². The Morgan fingerprint density at radius 3 is 2.88 bits per heavy atom. The highest BCUT2D eigenvalue weighted by Gasteiger charge is 2.27. The molecule has 134 valence electrons. The lowest BCUT2D eigenvalue weighted by atomic mass is 9.99. The normalized spacial score (nSPS) is 14.2. The number of aromatic nitrogens is 1. The van der Waals surface area contributed by atoms with Gasteiger partial charge in [0, 0.05) is 13.1 Å². The van der Waals surface area contributed by atoms with Gasteiger partial charge in [-0.2, -0.15) is 0 Å². The smallest absolute Gasteiger partial charge is 0.410 e. The van der Waals surface area contributed by atoms with Crippen LogP contribution in [0.3, 0.4) is 0 Å². The van der Waals surface area contributed by atoms with Crippen LogP contribution in [0.5, 0.6) is 5.75 Å². The third-order valence-corrected chi connectivity index (χ3v) is 4.22. The third kappa shape index (κ3) is 4.25. The first-order valence-corrected chi connectivity index (χ1v) is 8.49. The zero-order chi connectivity index (χ0) is 18.0. The summed E-state index contributed by atoms with van der Waals surface area (Å²) in [5, 5.41) is 0.584. The van der Waals surface area contributed by atoms with Crippen molar-refractivity contribution in [3.8, 4) is 5.75 Å². The SMILES string of the molecule is CC(C)(C)OC(=O)N1CCc2c(ccc(OCc3cnco3)c2Cl)C1. The Morgan fingerprint density at radius 2 is 2.20 bits per heavy atom. The lowest BCUT2D eigenvalue weighted by molar-refractivity contribution is 0.0224. The van der Waals surface area contributed by atoms with Crippen LogP contribution >= 0.6 is 11.6 Å². The first kappa shape index (κ1) is 17.6. The van der Waals surface area contributed by atoms with E-state index in [0.29, 0.717) is 36.0 Å². The van der Waals surface area contributed by atoms with Crippen LogP contribution in [0.2, 0.25) is 5.02 Å². The Kier molecular flexibility index (Phi) is 4.90. The zero-order valence-corrected chi connectivity index (χ0v) is 15.3. The van der Waals surface area contributed by atoms with Crippen LogP contribution in [0, 0.1) is 0 Å². The van der Waals surface area contributed by atoms with Crippen molar-refractivity contribution in [3.05, 3.63) is 46.6 Å². The van der Waals surface area contributed by atoms with Crippen LogP contribution in [-0.2, 0) is 24.3 Å². The molecule has 0 fully saturated rings. The Labute approximate surface area is 151 Å². The number of benzene rings is 1. The Hall–Kier alpha value is -2.21. The van der Waals surface area contributed by atoms with Crippen molar-refractivity contribution in [2.75, 3.05) is 6.54 Å². The summed E-state index contributed by atoms with van der Waals surface area (Å²) < 4.78 is 16.3. The Balaban J connectivity index is 1.70. The number of rotatable bonds is 3. The summed E-state index contributed by atoms with van der Waals surface area (Å²) in [5.74, 6) is 1.23. The van der Waals surface area contributed by atoms with Gasteiger partial charge in [-0.1, -0.05) is 17.7 Å². The van der Waals surface area contributed by atoms with E-state index in [4.69, 9.17) is 25.5 Å². The van der Waals surface area contributed by atoms with E-state index in [-0.39, 0.29) is 12.7 Å². The molecule has 6 nitrogen and oxygen atoms in total. The molecule has 0 radical (unpaired) electrons. The molecule has 2 heterocycles. The van der Waals surface area contributed by atoms with E-state index in [0.717, 1.165) is 11.1 Å². The summed E-state index contributed by atoms with van der Waals surface area (Å²) >= 11 is 6.49. The molecule has 1 aliphatic heterocycles. The quantitative estimate of drug-likeness (QED) is 0.816. The highest BCUT2D eigenvalue weighted by atomic mass is 35.5. The number of halogens is 1. The Morgan fingerprint density at radius 1 is 1.40 bits per heavy atom. The van der Waals surface area contributed by atoms with Gasteiger partial charge in [-0.3, -0.25) is 0 Å². The van der Waals surface area contributed by atoms with Crippen molar-refractivity contribution in [1.82, 2.24) is 9.88 Å². The van der Waals surface area contributed by atoms with E-state index in [9.17, 15) is 4.79 Å². The molecule has 0 N–H and O–H groups in total. The average molecular weight is 365 g/mol. The summed E-state index contributed by atoms with van der Waals surface area (Å²) in [6.45, 7) is 6.88. The number of hydrogen-bond donors (Lipinski definition) is 0. The topological polar surface area (TPSA) is 64.8 Å². The third-order valence-electron chi connectivity index (χ3n) is 3.80. The predicted molar refractivity (Wildman–Crippen MR) is 92.6 cm³/mol. The van der Waals surface area contributed by atoms with Crippen LogP contribution in [0.25, 0.3) is 0 Å². The van der Waals surface area contributed by atoms with Gasteiger partial charge < -0.3 is 18.8 Å². The highest BCUT2D eigenvalue weighted by molar-refractivity contribution is 6.33. The molecule has 1 amide bonds. The molecule has 0 bridgehead atoms. The summed E-state index contributed by atoms with van der Waals surface area (Å²) in [6.07, 6.45) is 3.32. The monoisotopic (exact) mass is 364 g/mol. The second-order valence-electron chi connectivity index (χ2n) is 6.92.